The summed E-state index contributed by atoms with van der Waals surface area (Å²) >= 11 is 3.47. The van der Waals surface area contributed by atoms with Crippen molar-refractivity contribution in [1.82, 2.24) is 10.2 Å². The standard InChI is InChI=1S/C20H21BrN4O4/c1-5-28-17(26)13-15(22)29-16-12(14(24-25-16)19(2,3)4)20(13)10-8-9(21)6-7-11(10)23-18(20)27/h6-8H,5,22H2,1-4H3,(H,23,27)(H,24,25). The van der Waals surface area contributed by atoms with Gasteiger partial charge < -0.3 is 20.5 Å². The number of H-pyrrole nitrogens is 1. The third kappa shape index (κ3) is 2.60. The van der Waals surface area contributed by atoms with Gasteiger partial charge in [0.2, 0.25) is 17.7 Å². The molecule has 9 heteroatoms. The van der Waals surface area contributed by atoms with Crippen LogP contribution in [0.15, 0.2) is 34.1 Å². The van der Waals surface area contributed by atoms with Crippen LogP contribution in [0.25, 0.3) is 0 Å². The lowest BCUT2D eigenvalue weighted by Crippen LogP contribution is -2.46. The molecule has 1 spiro atoms. The minimum atomic E-state index is -1.54. The summed E-state index contributed by atoms with van der Waals surface area (Å²) in [5.41, 5.74) is 6.46. The molecule has 2 aliphatic heterocycles. The molecule has 0 bridgehead atoms. The molecule has 1 atom stereocenters. The molecule has 0 radical (unpaired) electrons. The molecule has 0 saturated heterocycles. The van der Waals surface area contributed by atoms with Crippen molar-refractivity contribution in [1.29, 1.82) is 0 Å². The molecule has 0 fully saturated rings. The monoisotopic (exact) mass is 460 g/mol. The first-order valence-corrected chi connectivity index (χ1v) is 9.97. The van der Waals surface area contributed by atoms with E-state index >= 15 is 0 Å². The molecule has 1 unspecified atom stereocenters. The predicted molar refractivity (Wildman–Crippen MR) is 109 cm³/mol. The Balaban J connectivity index is 2.15. The van der Waals surface area contributed by atoms with Crippen molar-refractivity contribution in [3.05, 3.63) is 50.9 Å². The number of rotatable bonds is 2. The molecule has 29 heavy (non-hydrogen) atoms. The van der Waals surface area contributed by atoms with E-state index in [4.69, 9.17) is 15.2 Å². The Hall–Kier alpha value is -2.81. The van der Waals surface area contributed by atoms with Crippen LogP contribution in [0.1, 0.15) is 44.5 Å². The lowest BCUT2D eigenvalue weighted by Gasteiger charge is -2.35. The number of nitrogens with one attached hydrogen (secondary N) is 2. The summed E-state index contributed by atoms with van der Waals surface area (Å²) in [5.74, 6) is -1.15. The zero-order valence-corrected chi connectivity index (χ0v) is 18.1. The number of halogens is 1. The normalized spacial score (nSPS) is 20.2. The lowest BCUT2D eigenvalue weighted by atomic mass is 9.66. The molecule has 3 heterocycles. The molecule has 1 aromatic carbocycles. The van der Waals surface area contributed by atoms with Crippen molar-refractivity contribution < 1.29 is 19.1 Å². The maximum absolute atomic E-state index is 13.6. The molecule has 8 nitrogen and oxygen atoms in total. The van der Waals surface area contributed by atoms with Gasteiger partial charge in [0.05, 0.1) is 12.2 Å². The molecule has 1 amide bonds. The van der Waals surface area contributed by atoms with Gasteiger partial charge in [-0.25, -0.2) is 4.79 Å². The van der Waals surface area contributed by atoms with E-state index in [1.54, 1.807) is 19.1 Å². The van der Waals surface area contributed by atoms with Crippen LogP contribution in [-0.4, -0.2) is 28.7 Å². The average molecular weight is 461 g/mol. The first-order chi connectivity index (χ1) is 13.6. The summed E-state index contributed by atoms with van der Waals surface area (Å²) in [4.78, 5) is 26.6. The fourth-order valence-electron chi connectivity index (χ4n) is 3.98. The summed E-state index contributed by atoms with van der Waals surface area (Å²) in [7, 11) is 0. The molecule has 1 aromatic heterocycles. The van der Waals surface area contributed by atoms with E-state index in [1.165, 1.54) is 0 Å². The van der Waals surface area contributed by atoms with Crippen molar-refractivity contribution in [2.75, 3.05) is 11.9 Å². The van der Waals surface area contributed by atoms with Crippen molar-refractivity contribution in [2.45, 2.75) is 38.5 Å². The second kappa shape index (κ2) is 6.35. The smallest absolute Gasteiger partial charge is 0.341 e. The predicted octanol–water partition coefficient (Wildman–Crippen LogP) is 2.83. The fourth-order valence-corrected chi connectivity index (χ4v) is 4.34. The molecule has 152 valence electrons. The van der Waals surface area contributed by atoms with E-state index < -0.39 is 22.7 Å². The van der Waals surface area contributed by atoms with Gasteiger partial charge in [-0.3, -0.25) is 9.89 Å². The maximum atomic E-state index is 13.6. The number of carbonyl (C=O) groups excluding carboxylic acids is 2. The van der Waals surface area contributed by atoms with Gasteiger partial charge in [-0.1, -0.05) is 36.7 Å². The van der Waals surface area contributed by atoms with E-state index in [2.05, 4.69) is 31.4 Å². The minimum absolute atomic E-state index is 0.0481. The highest BCUT2D eigenvalue weighted by atomic mass is 79.9. The molecule has 0 saturated carbocycles. The highest BCUT2D eigenvalue weighted by molar-refractivity contribution is 9.10. The van der Waals surface area contributed by atoms with Gasteiger partial charge in [0, 0.05) is 26.8 Å². The number of fused-ring (bicyclic) bond motifs is 4. The number of nitrogens with two attached hydrogens (primary N) is 1. The Morgan fingerprint density at radius 2 is 2.10 bits per heavy atom. The quantitative estimate of drug-likeness (QED) is 0.592. The molecule has 4 rings (SSSR count). The number of aromatic amines is 1. The summed E-state index contributed by atoms with van der Waals surface area (Å²) in [5, 5.41) is 10.1. The number of aromatic nitrogens is 2. The summed E-state index contributed by atoms with van der Waals surface area (Å²) in [6.07, 6.45) is 0. The third-order valence-electron chi connectivity index (χ3n) is 5.14. The zero-order chi connectivity index (χ0) is 21.1. The summed E-state index contributed by atoms with van der Waals surface area (Å²) in [6, 6.07) is 5.39. The van der Waals surface area contributed by atoms with Gasteiger partial charge in [0.1, 0.15) is 11.0 Å². The minimum Gasteiger partial charge on any atom is -0.462 e. The lowest BCUT2D eigenvalue weighted by molar-refractivity contribution is -0.140. The van der Waals surface area contributed by atoms with Crippen LogP contribution in [0, 0.1) is 0 Å². The first kappa shape index (κ1) is 19.5. The number of ether oxygens (including phenoxy) is 2. The Kier molecular flexibility index (Phi) is 4.27. The van der Waals surface area contributed by atoms with E-state index in [0.29, 0.717) is 22.5 Å². The molecule has 2 aromatic rings. The van der Waals surface area contributed by atoms with Gasteiger partial charge in [0.25, 0.3) is 0 Å². The number of hydrogen-bond acceptors (Lipinski definition) is 6. The zero-order valence-electron chi connectivity index (χ0n) is 16.5. The Morgan fingerprint density at radius 3 is 2.76 bits per heavy atom. The van der Waals surface area contributed by atoms with Gasteiger partial charge in [0.15, 0.2) is 0 Å². The molecular formula is C20H21BrN4O4. The number of benzene rings is 1. The van der Waals surface area contributed by atoms with Crippen molar-refractivity contribution in [3.63, 3.8) is 0 Å². The van der Waals surface area contributed by atoms with E-state index in [1.807, 2.05) is 26.8 Å². The van der Waals surface area contributed by atoms with Gasteiger partial charge >= 0.3 is 5.97 Å². The van der Waals surface area contributed by atoms with E-state index in [-0.39, 0.29) is 23.9 Å². The topological polar surface area (TPSA) is 119 Å². The molecule has 2 aliphatic rings. The number of esters is 1. The van der Waals surface area contributed by atoms with Crippen LogP contribution in [-0.2, 0) is 25.2 Å². The number of amides is 1. The van der Waals surface area contributed by atoms with E-state index in [0.717, 1.165) is 4.47 Å². The average Bonchev–Trinajstić information content (AvgIpc) is 3.16. The van der Waals surface area contributed by atoms with Gasteiger partial charge in [-0.15, -0.1) is 5.10 Å². The van der Waals surface area contributed by atoms with Crippen LogP contribution in [0.3, 0.4) is 0 Å². The van der Waals surface area contributed by atoms with Crippen molar-refractivity contribution in [3.8, 4) is 5.88 Å². The summed E-state index contributed by atoms with van der Waals surface area (Å²) < 4.78 is 11.7. The maximum Gasteiger partial charge on any atom is 0.341 e. The fraction of sp³-hybridized carbons (Fsp3) is 0.350. The Bertz CT molecular complexity index is 1080. The van der Waals surface area contributed by atoms with Gasteiger partial charge in [-0.05, 0) is 25.1 Å². The Labute approximate surface area is 176 Å². The summed E-state index contributed by atoms with van der Waals surface area (Å²) in [6.45, 7) is 7.76. The number of nitrogens with zero attached hydrogens (tertiary/aromatic N) is 1. The van der Waals surface area contributed by atoms with Crippen LogP contribution in [0.4, 0.5) is 5.69 Å². The van der Waals surface area contributed by atoms with Crippen molar-refractivity contribution >= 4 is 33.5 Å². The van der Waals surface area contributed by atoms with Crippen LogP contribution in [0.5, 0.6) is 5.88 Å². The second-order valence-electron chi connectivity index (χ2n) is 7.98. The number of anilines is 1. The molecule has 4 N–H and O–H groups in total. The van der Waals surface area contributed by atoms with Gasteiger partial charge in [-0.2, -0.15) is 0 Å². The molecule has 0 aliphatic carbocycles. The Morgan fingerprint density at radius 1 is 1.38 bits per heavy atom. The van der Waals surface area contributed by atoms with Crippen LogP contribution >= 0.6 is 15.9 Å². The third-order valence-corrected chi connectivity index (χ3v) is 5.63. The number of carbonyl (C=O) groups is 2. The largest absolute Gasteiger partial charge is 0.462 e. The second-order valence-corrected chi connectivity index (χ2v) is 8.90. The highest BCUT2D eigenvalue weighted by Gasteiger charge is 2.61. The molecular weight excluding hydrogens is 440 g/mol. The van der Waals surface area contributed by atoms with Crippen LogP contribution in [0.2, 0.25) is 0 Å². The van der Waals surface area contributed by atoms with Crippen molar-refractivity contribution in [2.24, 2.45) is 5.73 Å². The van der Waals surface area contributed by atoms with Crippen LogP contribution < -0.4 is 15.8 Å². The van der Waals surface area contributed by atoms with E-state index in [9.17, 15) is 9.59 Å². The first-order valence-electron chi connectivity index (χ1n) is 9.18. The SMILES string of the molecule is CCOC(=O)C1=C(N)Oc2n[nH]c(C(C)(C)C)c2C12C(=O)Nc1ccc(Br)cc12. The number of hydrogen-bond donors (Lipinski definition) is 3. The highest BCUT2D eigenvalue weighted by Crippen LogP contribution is 2.55.